The van der Waals surface area contributed by atoms with E-state index in [9.17, 15) is 18.0 Å². The molecule has 0 bridgehead atoms. The SMILES string of the molecule is Nc1nc(C(=O)Nc2ccc(F)c(F)c2F)co1. The quantitative estimate of drug-likeness (QED) is 0.805. The van der Waals surface area contributed by atoms with E-state index >= 15 is 0 Å². The Hall–Kier alpha value is -2.51. The second-order valence-electron chi connectivity index (χ2n) is 3.25. The van der Waals surface area contributed by atoms with Gasteiger partial charge in [0.1, 0.15) is 6.26 Å². The van der Waals surface area contributed by atoms with Gasteiger partial charge in [0, 0.05) is 0 Å². The van der Waals surface area contributed by atoms with E-state index in [-0.39, 0.29) is 11.7 Å². The lowest BCUT2D eigenvalue weighted by Crippen LogP contribution is -2.14. The van der Waals surface area contributed by atoms with Crippen molar-refractivity contribution in [1.29, 1.82) is 0 Å². The van der Waals surface area contributed by atoms with E-state index in [0.717, 1.165) is 12.3 Å². The summed E-state index contributed by atoms with van der Waals surface area (Å²) in [5, 5.41) is 2.01. The monoisotopic (exact) mass is 257 g/mol. The van der Waals surface area contributed by atoms with Crippen LogP contribution in [0.5, 0.6) is 0 Å². The molecule has 0 unspecified atom stereocenters. The fraction of sp³-hybridized carbons (Fsp3) is 0. The third kappa shape index (κ3) is 2.12. The van der Waals surface area contributed by atoms with Crippen LogP contribution >= 0.6 is 0 Å². The molecular weight excluding hydrogens is 251 g/mol. The van der Waals surface area contributed by atoms with Crippen LogP contribution in [-0.4, -0.2) is 10.9 Å². The van der Waals surface area contributed by atoms with Crippen molar-refractivity contribution in [2.24, 2.45) is 0 Å². The Morgan fingerprint density at radius 2 is 2.00 bits per heavy atom. The zero-order valence-corrected chi connectivity index (χ0v) is 8.71. The molecule has 0 atom stereocenters. The molecule has 94 valence electrons. The summed E-state index contributed by atoms with van der Waals surface area (Å²) in [5.41, 5.74) is 4.42. The van der Waals surface area contributed by atoms with E-state index in [1.54, 1.807) is 0 Å². The number of hydrogen-bond acceptors (Lipinski definition) is 4. The summed E-state index contributed by atoms with van der Waals surface area (Å²) in [6.07, 6.45) is 0.947. The number of aromatic nitrogens is 1. The first-order chi connectivity index (χ1) is 8.49. The van der Waals surface area contributed by atoms with Gasteiger partial charge in [-0.1, -0.05) is 0 Å². The van der Waals surface area contributed by atoms with Crippen LogP contribution in [0, 0.1) is 17.5 Å². The number of carbonyl (C=O) groups is 1. The van der Waals surface area contributed by atoms with E-state index in [2.05, 4.69) is 9.40 Å². The minimum atomic E-state index is -1.67. The molecule has 0 aliphatic rings. The molecule has 2 aromatic rings. The van der Waals surface area contributed by atoms with E-state index < -0.39 is 29.0 Å². The number of oxazole rings is 1. The first-order valence-corrected chi connectivity index (χ1v) is 4.65. The van der Waals surface area contributed by atoms with E-state index in [1.165, 1.54) is 0 Å². The van der Waals surface area contributed by atoms with Gasteiger partial charge in [0.25, 0.3) is 11.9 Å². The Morgan fingerprint density at radius 3 is 2.61 bits per heavy atom. The topological polar surface area (TPSA) is 81.1 Å². The lowest BCUT2D eigenvalue weighted by molar-refractivity contribution is 0.102. The van der Waals surface area contributed by atoms with Crippen LogP contribution in [0.4, 0.5) is 24.9 Å². The predicted octanol–water partition coefficient (Wildman–Crippen LogP) is 1.93. The molecular formula is C10H6F3N3O2. The molecule has 3 N–H and O–H groups in total. The van der Waals surface area contributed by atoms with Gasteiger partial charge in [-0.3, -0.25) is 4.79 Å². The summed E-state index contributed by atoms with van der Waals surface area (Å²) in [7, 11) is 0. The molecule has 2 rings (SSSR count). The molecule has 0 saturated heterocycles. The molecule has 0 fully saturated rings. The highest BCUT2D eigenvalue weighted by Gasteiger charge is 2.17. The molecule has 1 aromatic heterocycles. The van der Waals surface area contributed by atoms with Crippen molar-refractivity contribution >= 4 is 17.6 Å². The molecule has 1 aromatic carbocycles. The van der Waals surface area contributed by atoms with Crippen LogP contribution in [-0.2, 0) is 0 Å². The molecule has 0 saturated carbocycles. The smallest absolute Gasteiger partial charge is 0.292 e. The summed E-state index contributed by atoms with van der Waals surface area (Å²) < 4.78 is 43.4. The van der Waals surface area contributed by atoms with Gasteiger partial charge in [-0.15, -0.1) is 0 Å². The normalized spacial score (nSPS) is 10.4. The molecule has 1 heterocycles. The zero-order valence-electron chi connectivity index (χ0n) is 8.71. The number of nitrogens with two attached hydrogens (primary N) is 1. The number of amides is 1. The predicted molar refractivity (Wildman–Crippen MR) is 55.2 cm³/mol. The lowest BCUT2D eigenvalue weighted by atomic mass is 10.2. The lowest BCUT2D eigenvalue weighted by Gasteiger charge is -2.05. The van der Waals surface area contributed by atoms with Crippen molar-refractivity contribution in [2.75, 3.05) is 11.1 Å². The molecule has 8 heteroatoms. The summed E-state index contributed by atoms with van der Waals surface area (Å²) in [5.74, 6) is -5.39. The highest BCUT2D eigenvalue weighted by atomic mass is 19.2. The van der Waals surface area contributed by atoms with Crippen molar-refractivity contribution < 1.29 is 22.4 Å². The maximum absolute atomic E-state index is 13.2. The average molecular weight is 257 g/mol. The Bertz CT molecular complexity index is 612. The minimum absolute atomic E-state index is 0.211. The Kier molecular flexibility index (Phi) is 2.92. The Balaban J connectivity index is 2.25. The summed E-state index contributed by atoms with van der Waals surface area (Å²) in [4.78, 5) is 15.0. The van der Waals surface area contributed by atoms with E-state index in [4.69, 9.17) is 5.73 Å². The molecule has 0 aliphatic carbocycles. The number of nitrogen functional groups attached to an aromatic ring is 1. The fourth-order valence-electron chi connectivity index (χ4n) is 1.20. The van der Waals surface area contributed by atoms with Gasteiger partial charge in [-0.25, -0.2) is 13.2 Å². The number of rotatable bonds is 2. The van der Waals surface area contributed by atoms with Crippen LogP contribution in [0.3, 0.4) is 0 Å². The highest BCUT2D eigenvalue weighted by Crippen LogP contribution is 2.20. The van der Waals surface area contributed by atoms with Crippen LogP contribution in [0.15, 0.2) is 22.8 Å². The Morgan fingerprint density at radius 1 is 1.28 bits per heavy atom. The molecule has 0 radical (unpaired) electrons. The highest BCUT2D eigenvalue weighted by molar-refractivity contribution is 6.02. The first-order valence-electron chi connectivity index (χ1n) is 4.65. The van der Waals surface area contributed by atoms with Crippen molar-refractivity contribution in [3.8, 4) is 0 Å². The van der Waals surface area contributed by atoms with E-state index in [0.29, 0.717) is 6.07 Å². The molecule has 0 spiro atoms. The van der Waals surface area contributed by atoms with E-state index in [1.807, 2.05) is 5.32 Å². The number of hydrogen-bond donors (Lipinski definition) is 2. The van der Waals surface area contributed by atoms with Crippen LogP contribution in [0.1, 0.15) is 10.5 Å². The van der Waals surface area contributed by atoms with Crippen LogP contribution < -0.4 is 11.1 Å². The summed E-state index contributed by atoms with van der Waals surface area (Å²) in [6.45, 7) is 0. The van der Waals surface area contributed by atoms with Gasteiger partial charge >= 0.3 is 0 Å². The standard InChI is InChI=1S/C10H6F3N3O2/c11-4-1-2-5(8(13)7(4)12)15-9(17)6-3-18-10(14)16-6/h1-3H,(H2,14,16)(H,15,17). The Labute approximate surface area is 98.4 Å². The minimum Gasteiger partial charge on any atom is -0.431 e. The van der Waals surface area contributed by atoms with Crippen molar-refractivity contribution in [3.63, 3.8) is 0 Å². The first kappa shape index (κ1) is 12.0. The number of carbonyl (C=O) groups excluding carboxylic acids is 1. The van der Waals surface area contributed by atoms with Crippen LogP contribution in [0.25, 0.3) is 0 Å². The van der Waals surface area contributed by atoms with Gasteiger partial charge in [0.05, 0.1) is 5.69 Å². The second-order valence-corrected chi connectivity index (χ2v) is 3.25. The average Bonchev–Trinajstić information content (AvgIpc) is 2.77. The maximum Gasteiger partial charge on any atom is 0.292 e. The van der Waals surface area contributed by atoms with Crippen molar-refractivity contribution in [2.45, 2.75) is 0 Å². The van der Waals surface area contributed by atoms with Gasteiger partial charge in [0.15, 0.2) is 23.1 Å². The maximum atomic E-state index is 13.2. The molecule has 5 nitrogen and oxygen atoms in total. The number of nitrogens with one attached hydrogen (secondary N) is 1. The molecule has 1 amide bonds. The van der Waals surface area contributed by atoms with Gasteiger partial charge in [0.2, 0.25) is 0 Å². The largest absolute Gasteiger partial charge is 0.431 e. The second kappa shape index (κ2) is 4.40. The number of benzene rings is 1. The fourth-order valence-corrected chi connectivity index (χ4v) is 1.20. The summed E-state index contributed by atoms with van der Waals surface area (Å²) >= 11 is 0. The number of nitrogens with zero attached hydrogens (tertiary/aromatic N) is 1. The van der Waals surface area contributed by atoms with Gasteiger partial charge in [-0.05, 0) is 12.1 Å². The zero-order chi connectivity index (χ0) is 13.3. The third-order valence-corrected chi connectivity index (χ3v) is 2.04. The van der Waals surface area contributed by atoms with Crippen LogP contribution in [0.2, 0.25) is 0 Å². The van der Waals surface area contributed by atoms with Gasteiger partial charge in [-0.2, -0.15) is 4.98 Å². The summed E-state index contributed by atoms with van der Waals surface area (Å²) in [6, 6.07) is 1.33. The van der Waals surface area contributed by atoms with Gasteiger partial charge < -0.3 is 15.5 Å². The third-order valence-electron chi connectivity index (χ3n) is 2.04. The number of halogens is 3. The molecule has 18 heavy (non-hydrogen) atoms. The van der Waals surface area contributed by atoms with Crippen molar-refractivity contribution in [1.82, 2.24) is 4.98 Å². The molecule has 0 aliphatic heterocycles. The number of anilines is 2. The van der Waals surface area contributed by atoms with Crippen molar-refractivity contribution in [3.05, 3.63) is 41.5 Å².